The molecule has 1 saturated carbocycles. The van der Waals surface area contributed by atoms with E-state index >= 15 is 0 Å². The number of rotatable bonds is 6. The van der Waals surface area contributed by atoms with Gasteiger partial charge in [0.05, 0.1) is 11.8 Å². The number of nitrogens with one attached hydrogen (secondary N) is 1. The van der Waals surface area contributed by atoms with Crippen LogP contribution in [0, 0.1) is 11.8 Å². The SMILES string of the molecule is O=C(O)C1CCCCC1C(=O)NCCCn1cccn1. The molecule has 1 aromatic rings. The third-order valence-electron chi connectivity index (χ3n) is 3.84. The number of amides is 1. The Morgan fingerprint density at radius 2 is 2.05 bits per heavy atom. The van der Waals surface area contributed by atoms with Crippen LogP contribution in [0.25, 0.3) is 0 Å². The molecule has 0 aromatic carbocycles. The Bertz CT molecular complexity index is 445. The number of aromatic nitrogens is 2. The quantitative estimate of drug-likeness (QED) is 0.768. The van der Waals surface area contributed by atoms with Gasteiger partial charge < -0.3 is 10.4 Å². The first-order valence-electron chi connectivity index (χ1n) is 7.16. The molecule has 0 saturated heterocycles. The molecule has 1 heterocycles. The molecular weight excluding hydrogens is 258 g/mol. The maximum atomic E-state index is 12.1. The van der Waals surface area contributed by atoms with E-state index in [0.29, 0.717) is 19.4 Å². The van der Waals surface area contributed by atoms with Crippen molar-refractivity contribution < 1.29 is 14.7 Å². The summed E-state index contributed by atoms with van der Waals surface area (Å²) in [6.07, 6.45) is 7.53. The number of aryl methyl sites for hydroxylation is 1. The van der Waals surface area contributed by atoms with Gasteiger partial charge in [0.2, 0.25) is 5.91 Å². The molecular formula is C14H21N3O3. The van der Waals surface area contributed by atoms with Gasteiger partial charge in [0.25, 0.3) is 0 Å². The first-order chi connectivity index (χ1) is 9.68. The highest BCUT2D eigenvalue weighted by molar-refractivity contribution is 5.84. The monoisotopic (exact) mass is 279 g/mol. The summed E-state index contributed by atoms with van der Waals surface area (Å²) in [4.78, 5) is 23.2. The van der Waals surface area contributed by atoms with Crippen molar-refractivity contribution in [2.75, 3.05) is 6.54 Å². The molecule has 1 aliphatic rings. The minimum atomic E-state index is -0.846. The number of aliphatic carboxylic acids is 1. The molecule has 2 rings (SSSR count). The van der Waals surface area contributed by atoms with Gasteiger partial charge >= 0.3 is 5.97 Å². The lowest BCUT2D eigenvalue weighted by molar-refractivity contribution is -0.148. The van der Waals surface area contributed by atoms with Crippen molar-refractivity contribution in [2.24, 2.45) is 11.8 Å². The third-order valence-corrected chi connectivity index (χ3v) is 3.84. The summed E-state index contributed by atoms with van der Waals surface area (Å²) in [6, 6.07) is 1.86. The Labute approximate surface area is 118 Å². The highest BCUT2D eigenvalue weighted by atomic mass is 16.4. The predicted molar refractivity (Wildman–Crippen MR) is 72.9 cm³/mol. The number of nitrogens with zero attached hydrogens (tertiary/aromatic N) is 2. The molecule has 110 valence electrons. The number of carbonyl (C=O) groups is 2. The van der Waals surface area contributed by atoms with E-state index in [0.717, 1.165) is 25.8 Å². The molecule has 6 heteroatoms. The van der Waals surface area contributed by atoms with Gasteiger partial charge in [-0.05, 0) is 25.3 Å². The van der Waals surface area contributed by atoms with Crippen molar-refractivity contribution >= 4 is 11.9 Å². The molecule has 1 aliphatic carbocycles. The van der Waals surface area contributed by atoms with Crippen LogP contribution in [-0.4, -0.2) is 33.3 Å². The van der Waals surface area contributed by atoms with Crippen LogP contribution >= 0.6 is 0 Å². The fourth-order valence-corrected chi connectivity index (χ4v) is 2.76. The van der Waals surface area contributed by atoms with Crippen molar-refractivity contribution in [3.8, 4) is 0 Å². The van der Waals surface area contributed by atoms with Crippen molar-refractivity contribution in [1.82, 2.24) is 15.1 Å². The molecule has 0 aliphatic heterocycles. The molecule has 20 heavy (non-hydrogen) atoms. The highest BCUT2D eigenvalue weighted by Crippen LogP contribution is 2.30. The summed E-state index contributed by atoms with van der Waals surface area (Å²) >= 11 is 0. The van der Waals surface area contributed by atoms with Crippen LogP contribution in [0.5, 0.6) is 0 Å². The van der Waals surface area contributed by atoms with Crippen molar-refractivity contribution in [2.45, 2.75) is 38.6 Å². The van der Waals surface area contributed by atoms with E-state index in [1.807, 2.05) is 16.9 Å². The molecule has 0 bridgehead atoms. The Balaban J connectivity index is 1.74. The average molecular weight is 279 g/mol. The number of carboxylic acid groups (broad SMARTS) is 1. The van der Waals surface area contributed by atoms with Gasteiger partial charge in [0.1, 0.15) is 0 Å². The fourth-order valence-electron chi connectivity index (χ4n) is 2.76. The van der Waals surface area contributed by atoms with Crippen molar-refractivity contribution in [3.05, 3.63) is 18.5 Å². The second-order valence-electron chi connectivity index (χ2n) is 5.25. The Kier molecular flexibility index (Phi) is 5.15. The normalized spacial score (nSPS) is 22.4. The average Bonchev–Trinajstić information content (AvgIpc) is 2.96. The summed E-state index contributed by atoms with van der Waals surface area (Å²) < 4.78 is 1.81. The van der Waals surface area contributed by atoms with Crippen LogP contribution < -0.4 is 5.32 Å². The zero-order valence-corrected chi connectivity index (χ0v) is 11.5. The third kappa shape index (κ3) is 3.82. The minimum Gasteiger partial charge on any atom is -0.481 e. The standard InChI is InChI=1S/C14H21N3O3/c18-13(11-5-1-2-6-12(11)14(19)20)15-7-3-9-17-10-4-8-16-17/h4,8,10-12H,1-3,5-7,9H2,(H,15,18)(H,19,20). The second kappa shape index (κ2) is 7.07. The van der Waals surface area contributed by atoms with Gasteiger partial charge in [-0.25, -0.2) is 0 Å². The van der Waals surface area contributed by atoms with E-state index in [9.17, 15) is 9.59 Å². The predicted octanol–water partition coefficient (Wildman–Crippen LogP) is 1.28. The van der Waals surface area contributed by atoms with Crippen LogP contribution in [-0.2, 0) is 16.1 Å². The molecule has 1 aromatic heterocycles. The van der Waals surface area contributed by atoms with Gasteiger partial charge in [-0.3, -0.25) is 14.3 Å². The van der Waals surface area contributed by atoms with Crippen molar-refractivity contribution in [3.63, 3.8) is 0 Å². The molecule has 0 radical (unpaired) electrons. The number of hydrogen-bond donors (Lipinski definition) is 2. The van der Waals surface area contributed by atoms with E-state index in [4.69, 9.17) is 5.11 Å². The maximum absolute atomic E-state index is 12.1. The van der Waals surface area contributed by atoms with Crippen LogP contribution in [0.1, 0.15) is 32.1 Å². The van der Waals surface area contributed by atoms with Crippen LogP contribution in [0.15, 0.2) is 18.5 Å². The molecule has 0 spiro atoms. The molecule has 2 N–H and O–H groups in total. The van der Waals surface area contributed by atoms with Crippen LogP contribution in [0.2, 0.25) is 0 Å². The molecule has 2 atom stereocenters. The lowest BCUT2D eigenvalue weighted by Gasteiger charge is -2.27. The summed E-state index contributed by atoms with van der Waals surface area (Å²) in [5.41, 5.74) is 0. The maximum Gasteiger partial charge on any atom is 0.307 e. The number of carboxylic acids is 1. The summed E-state index contributed by atoms with van der Waals surface area (Å²) in [5.74, 6) is -1.85. The largest absolute Gasteiger partial charge is 0.481 e. The summed E-state index contributed by atoms with van der Waals surface area (Å²) in [6.45, 7) is 1.31. The lowest BCUT2D eigenvalue weighted by Crippen LogP contribution is -2.40. The molecule has 2 unspecified atom stereocenters. The van der Waals surface area contributed by atoms with Gasteiger partial charge in [-0.1, -0.05) is 12.8 Å². The first kappa shape index (κ1) is 14.6. The fraction of sp³-hybridized carbons (Fsp3) is 0.643. The second-order valence-corrected chi connectivity index (χ2v) is 5.25. The highest BCUT2D eigenvalue weighted by Gasteiger charge is 2.35. The first-order valence-corrected chi connectivity index (χ1v) is 7.16. The van der Waals surface area contributed by atoms with Gasteiger partial charge in [0, 0.05) is 25.5 Å². The smallest absolute Gasteiger partial charge is 0.307 e. The summed E-state index contributed by atoms with van der Waals surface area (Å²) in [5, 5.41) is 16.1. The zero-order valence-electron chi connectivity index (χ0n) is 11.5. The van der Waals surface area contributed by atoms with Crippen LogP contribution in [0.3, 0.4) is 0 Å². The number of carbonyl (C=O) groups excluding carboxylic acids is 1. The van der Waals surface area contributed by atoms with E-state index in [2.05, 4.69) is 10.4 Å². The van der Waals surface area contributed by atoms with Crippen LogP contribution in [0.4, 0.5) is 0 Å². The van der Waals surface area contributed by atoms with Gasteiger partial charge in [-0.2, -0.15) is 5.10 Å². The topological polar surface area (TPSA) is 84.2 Å². The van der Waals surface area contributed by atoms with Gasteiger partial charge in [-0.15, -0.1) is 0 Å². The van der Waals surface area contributed by atoms with E-state index in [-0.39, 0.29) is 11.8 Å². The zero-order chi connectivity index (χ0) is 14.4. The van der Waals surface area contributed by atoms with E-state index < -0.39 is 11.9 Å². The summed E-state index contributed by atoms with van der Waals surface area (Å²) in [7, 11) is 0. The minimum absolute atomic E-state index is 0.113. The molecule has 1 fully saturated rings. The van der Waals surface area contributed by atoms with Crippen molar-refractivity contribution in [1.29, 1.82) is 0 Å². The Hall–Kier alpha value is -1.85. The molecule has 1 amide bonds. The Morgan fingerprint density at radius 1 is 1.30 bits per heavy atom. The van der Waals surface area contributed by atoms with Gasteiger partial charge in [0.15, 0.2) is 0 Å². The number of hydrogen-bond acceptors (Lipinski definition) is 3. The molecule has 6 nitrogen and oxygen atoms in total. The lowest BCUT2D eigenvalue weighted by atomic mass is 9.79. The Morgan fingerprint density at radius 3 is 2.70 bits per heavy atom. The van der Waals surface area contributed by atoms with E-state index in [1.165, 1.54) is 0 Å². The van der Waals surface area contributed by atoms with E-state index in [1.54, 1.807) is 6.20 Å².